The molecule has 0 amide bonds. The fourth-order valence-corrected chi connectivity index (χ4v) is 1.60. The second-order valence-corrected chi connectivity index (χ2v) is 3.30. The predicted octanol–water partition coefficient (Wildman–Crippen LogP) is 3.12. The number of halogens is 1. The van der Waals surface area contributed by atoms with Crippen molar-refractivity contribution < 1.29 is 4.39 Å². The Kier molecular flexibility index (Phi) is 1.72. The average Bonchev–Trinajstić information content (AvgIpc) is 2.83. The highest BCUT2D eigenvalue weighted by molar-refractivity contribution is 5.28. The average molecular weight is 162 g/mol. The predicted molar refractivity (Wildman–Crippen MR) is 47.4 cm³/mol. The maximum atomic E-state index is 12.8. The Balaban J connectivity index is 2.19. The van der Waals surface area contributed by atoms with Crippen LogP contribution >= 0.6 is 0 Å². The molecule has 0 saturated heterocycles. The van der Waals surface area contributed by atoms with E-state index < -0.39 is 0 Å². The number of allylic oxidation sites excluding steroid dienone is 1. The van der Waals surface area contributed by atoms with Gasteiger partial charge >= 0.3 is 0 Å². The van der Waals surface area contributed by atoms with Crippen molar-refractivity contribution in [2.75, 3.05) is 0 Å². The van der Waals surface area contributed by atoms with Gasteiger partial charge in [-0.15, -0.1) is 6.58 Å². The largest absolute Gasteiger partial charge is 0.207 e. The van der Waals surface area contributed by atoms with Gasteiger partial charge < -0.3 is 0 Å². The van der Waals surface area contributed by atoms with Crippen molar-refractivity contribution in [2.45, 2.75) is 12.3 Å². The van der Waals surface area contributed by atoms with Crippen molar-refractivity contribution in [1.82, 2.24) is 0 Å². The van der Waals surface area contributed by atoms with Gasteiger partial charge in [0.05, 0.1) is 0 Å². The Hall–Kier alpha value is -1.11. The van der Waals surface area contributed by atoms with Gasteiger partial charge in [-0.05, 0) is 36.0 Å². The minimum absolute atomic E-state index is 0.137. The molecule has 1 fully saturated rings. The summed E-state index contributed by atoms with van der Waals surface area (Å²) in [5.41, 5.74) is 1.11. The van der Waals surface area contributed by atoms with Crippen LogP contribution in [0.4, 0.5) is 4.39 Å². The second-order valence-electron chi connectivity index (χ2n) is 3.30. The molecule has 0 bridgehead atoms. The van der Waals surface area contributed by atoms with Crippen molar-refractivity contribution >= 4 is 0 Å². The molecular formula is C11H11F. The van der Waals surface area contributed by atoms with Crippen molar-refractivity contribution in [1.29, 1.82) is 0 Å². The number of benzene rings is 1. The molecule has 0 N–H and O–H groups in total. The van der Waals surface area contributed by atoms with E-state index in [1.807, 2.05) is 12.1 Å². The van der Waals surface area contributed by atoms with Crippen molar-refractivity contribution in [3.63, 3.8) is 0 Å². The first-order valence-corrected chi connectivity index (χ1v) is 4.19. The molecule has 2 rings (SSSR count). The second kappa shape index (κ2) is 2.74. The Labute approximate surface area is 71.7 Å². The number of rotatable bonds is 2. The molecule has 0 nitrogen and oxygen atoms in total. The third-order valence-corrected chi connectivity index (χ3v) is 2.42. The number of hydrogen-bond donors (Lipinski definition) is 0. The van der Waals surface area contributed by atoms with Crippen molar-refractivity contribution in [3.05, 3.63) is 48.3 Å². The topological polar surface area (TPSA) is 0 Å². The smallest absolute Gasteiger partial charge is 0.123 e. The van der Waals surface area contributed by atoms with Crippen LogP contribution in [0.5, 0.6) is 0 Å². The molecule has 1 aliphatic rings. The molecule has 0 radical (unpaired) electrons. The van der Waals surface area contributed by atoms with E-state index in [0.717, 1.165) is 12.0 Å². The molecule has 12 heavy (non-hydrogen) atoms. The van der Waals surface area contributed by atoms with Gasteiger partial charge in [0, 0.05) is 0 Å². The molecule has 0 aromatic heterocycles. The zero-order chi connectivity index (χ0) is 8.55. The van der Waals surface area contributed by atoms with E-state index >= 15 is 0 Å². The van der Waals surface area contributed by atoms with Crippen LogP contribution < -0.4 is 0 Å². The molecule has 0 unspecified atom stereocenters. The Morgan fingerprint density at radius 2 is 2.33 bits per heavy atom. The Bertz CT molecular complexity index is 304. The van der Waals surface area contributed by atoms with Crippen LogP contribution in [0.2, 0.25) is 0 Å². The molecule has 1 aromatic rings. The summed E-state index contributed by atoms with van der Waals surface area (Å²) in [7, 11) is 0. The fraction of sp³-hybridized carbons (Fsp3) is 0.273. The summed E-state index contributed by atoms with van der Waals surface area (Å²) < 4.78 is 12.8. The molecule has 0 aliphatic heterocycles. The minimum Gasteiger partial charge on any atom is -0.207 e. The summed E-state index contributed by atoms with van der Waals surface area (Å²) in [6.45, 7) is 3.73. The van der Waals surface area contributed by atoms with Gasteiger partial charge in [-0.2, -0.15) is 0 Å². The summed E-state index contributed by atoms with van der Waals surface area (Å²) in [5.74, 6) is 0.965. The standard InChI is InChI=1S/C11H11F/c1-2-8-7-11(8)9-4-3-5-10(12)6-9/h2-6,8,11H,1,7H2/t8-,11-/m0/s1. The lowest BCUT2D eigenvalue weighted by Gasteiger charge is -1.97. The molecule has 0 heterocycles. The van der Waals surface area contributed by atoms with Gasteiger partial charge in [-0.1, -0.05) is 18.2 Å². The Morgan fingerprint density at radius 1 is 1.50 bits per heavy atom. The first-order valence-electron chi connectivity index (χ1n) is 4.19. The van der Waals surface area contributed by atoms with Gasteiger partial charge in [0.25, 0.3) is 0 Å². The number of hydrogen-bond acceptors (Lipinski definition) is 0. The highest BCUT2D eigenvalue weighted by Crippen LogP contribution is 2.47. The third-order valence-electron chi connectivity index (χ3n) is 2.42. The van der Waals surface area contributed by atoms with Crippen LogP contribution in [0.3, 0.4) is 0 Å². The lowest BCUT2D eigenvalue weighted by Crippen LogP contribution is -1.82. The normalized spacial score (nSPS) is 26.8. The Morgan fingerprint density at radius 3 is 2.92 bits per heavy atom. The zero-order valence-electron chi connectivity index (χ0n) is 6.83. The van der Waals surface area contributed by atoms with Crippen molar-refractivity contribution in [3.8, 4) is 0 Å². The highest BCUT2D eigenvalue weighted by atomic mass is 19.1. The molecule has 2 atom stereocenters. The maximum absolute atomic E-state index is 12.8. The van der Waals surface area contributed by atoms with Gasteiger partial charge in [0.2, 0.25) is 0 Å². The fourth-order valence-electron chi connectivity index (χ4n) is 1.60. The van der Waals surface area contributed by atoms with Crippen LogP contribution in [0, 0.1) is 11.7 Å². The van der Waals surface area contributed by atoms with E-state index in [0.29, 0.717) is 11.8 Å². The van der Waals surface area contributed by atoms with E-state index in [1.54, 1.807) is 12.1 Å². The van der Waals surface area contributed by atoms with Crippen LogP contribution in [0.1, 0.15) is 17.9 Å². The van der Waals surface area contributed by atoms with E-state index in [-0.39, 0.29) is 5.82 Å². The lowest BCUT2D eigenvalue weighted by atomic mass is 10.1. The highest BCUT2D eigenvalue weighted by Gasteiger charge is 2.35. The van der Waals surface area contributed by atoms with Crippen molar-refractivity contribution in [2.24, 2.45) is 5.92 Å². The minimum atomic E-state index is -0.137. The monoisotopic (exact) mass is 162 g/mol. The summed E-state index contributed by atoms with van der Waals surface area (Å²) in [6.07, 6.45) is 3.09. The van der Waals surface area contributed by atoms with E-state index in [1.165, 1.54) is 6.07 Å². The first kappa shape index (κ1) is 7.53. The molecule has 1 aliphatic carbocycles. The summed E-state index contributed by atoms with van der Waals surface area (Å²) in [5, 5.41) is 0. The van der Waals surface area contributed by atoms with Crippen LogP contribution in [0.15, 0.2) is 36.9 Å². The zero-order valence-corrected chi connectivity index (χ0v) is 6.83. The summed E-state index contributed by atoms with van der Waals surface area (Å²) >= 11 is 0. The maximum Gasteiger partial charge on any atom is 0.123 e. The van der Waals surface area contributed by atoms with Gasteiger partial charge in [-0.3, -0.25) is 0 Å². The quantitative estimate of drug-likeness (QED) is 0.586. The van der Waals surface area contributed by atoms with Gasteiger partial charge in [0.15, 0.2) is 0 Å². The van der Waals surface area contributed by atoms with Crippen LogP contribution in [-0.4, -0.2) is 0 Å². The summed E-state index contributed by atoms with van der Waals surface area (Å²) in [4.78, 5) is 0. The first-order chi connectivity index (χ1) is 5.81. The lowest BCUT2D eigenvalue weighted by molar-refractivity contribution is 0.625. The SMILES string of the molecule is C=C[C@H]1C[C@@H]1c1cccc(F)c1. The van der Waals surface area contributed by atoms with Crippen LogP contribution in [0.25, 0.3) is 0 Å². The molecule has 1 heteroatoms. The van der Waals surface area contributed by atoms with Gasteiger partial charge in [-0.25, -0.2) is 4.39 Å². The molecule has 0 spiro atoms. The molecule has 1 saturated carbocycles. The van der Waals surface area contributed by atoms with Crippen LogP contribution in [-0.2, 0) is 0 Å². The molecule has 1 aromatic carbocycles. The van der Waals surface area contributed by atoms with Gasteiger partial charge in [0.1, 0.15) is 5.82 Å². The third kappa shape index (κ3) is 1.27. The molecule has 62 valence electrons. The van der Waals surface area contributed by atoms with E-state index in [4.69, 9.17) is 0 Å². The van der Waals surface area contributed by atoms with E-state index in [2.05, 4.69) is 6.58 Å². The summed E-state index contributed by atoms with van der Waals surface area (Å²) in [6, 6.07) is 6.85. The van der Waals surface area contributed by atoms with E-state index in [9.17, 15) is 4.39 Å². The molecular weight excluding hydrogens is 151 g/mol.